The Morgan fingerprint density at radius 1 is 1.25 bits per heavy atom. The van der Waals surface area contributed by atoms with E-state index in [9.17, 15) is 9.59 Å². The van der Waals surface area contributed by atoms with E-state index in [2.05, 4.69) is 5.32 Å². The Morgan fingerprint density at radius 3 is 2.71 bits per heavy atom. The van der Waals surface area contributed by atoms with E-state index in [1.807, 2.05) is 55.5 Å². The highest BCUT2D eigenvalue weighted by atomic mass is 16.5. The van der Waals surface area contributed by atoms with Crippen molar-refractivity contribution in [3.05, 3.63) is 59.7 Å². The van der Waals surface area contributed by atoms with Crippen molar-refractivity contribution >= 4 is 17.5 Å². The van der Waals surface area contributed by atoms with Crippen LogP contribution in [-0.2, 0) is 9.59 Å². The molecule has 148 valence electrons. The summed E-state index contributed by atoms with van der Waals surface area (Å²) in [6.07, 6.45) is 1.63. The highest BCUT2D eigenvalue weighted by Gasteiger charge is 2.34. The second-order valence-electron chi connectivity index (χ2n) is 7.16. The fraction of sp³-hybridized carbons (Fsp3) is 0.364. The van der Waals surface area contributed by atoms with Crippen LogP contribution < -0.4 is 15.8 Å². The number of aryl methyl sites for hydroxylation is 1. The third-order valence-electron chi connectivity index (χ3n) is 5.11. The van der Waals surface area contributed by atoms with Crippen molar-refractivity contribution in [1.29, 1.82) is 0 Å². The highest BCUT2D eigenvalue weighted by molar-refractivity contribution is 5.98. The molecule has 2 aromatic rings. The average molecular weight is 381 g/mol. The van der Waals surface area contributed by atoms with Gasteiger partial charge in [-0.3, -0.25) is 9.59 Å². The van der Waals surface area contributed by atoms with Crippen LogP contribution in [0.1, 0.15) is 36.4 Å². The van der Waals surface area contributed by atoms with Gasteiger partial charge in [-0.2, -0.15) is 0 Å². The maximum absolute atomic E-state index is 12.9. The number of carbonyl (C=O) groups excluding carboxylic acids is 2. The molecule has 3 rings (SSSR count). The minimum Gasteiger partial charge on any atom is -0.495 e. The van der Waals surface area contributed by atoms with Crippen molar-refractivity contribution < 1.29 is 14.3 Å². The van der Waals surface area contributed by atoms with Crippen LogP contribution in [0.3, 0.4) is 0 Å². The van der Waals surface area contributed by atoms with E-state index in [1.165, 1.54) is 0 Å². The molecule has 1 fully saturated rings. The molecule has 1 aliphatic rings. The van der Waals surface area contributed by atoms with Crippen molar-refractivity contribution in [3.63, 3.8) is 0 Å². The summed E-state index contributed by atoms with van der Waals surface area (Å²) in [6, 6.07) is 14.3. The van der Waals surface area contributed by atoms with Crippen LogP contribution in [0.2, 0.25) is 0 Å². The van der Waals surface area contributed by atoms with Gasteiger partial charge in [0.2, 0.25) is 11.8 Å². The molecule has 0 aromatic heterocycles. The molecule has 0 bridgehead atoms. The zero-order valence-corrected chi connectivity index (χ0v) is 16.4. The fourth-order valence-corrected chi connectivity index (χ4v) is 3.60. The lowest BCUT2D eigenvalue weighted by Crippen LogP contribution is -2.44. The standard InChI is InChI=1S/C22H27N3O3/c1-15-10-11-20(28-2)18(13-15)24-22(27)19-9-6-12-25(19)21(26)14-17(23)16-7-4-3-5-8-16/h3-5,7-8,10-11,13,17,19H,6,9,12,14,23H2,1-2H3,(H,24,27). The number of methoxy groups -OCH3 is 1. The Labute approximate surface area is 165 Å². The second-order valence-corrected chi connectivity index (χ2v) is 7.16. The largest absolute Gasteiger partial charge is 0.495 e. The lowest BCUT2D eigenvalue weighted by atomic mass is 10.0. The number of amides is 2. The van der Waals surface area contributed by atoms with Crippen molar-refractivity contribution in [3.8, 4) is 5.75 Å². The van der Waals surface area contributed by atoms with E-state index >= 15 is 0 Å². The summed E-state index contributed by atoms with van der Waals surface area (Å²) in [6.45, 7) is 2.52. The Kier molecular flexibility index (Phi) is 6.31. The Morgan fingerprint density at radius 2 is 2.00 bits per heavy atom. The molecule has 2 amide bonds. The number of hydrogen-bond donors (Lipinski definition) is 2. The van der Waals surface area contributed by atoms with Crippen LogP contribution in [0.4, 0.5) is 5.69 Å². The maximum atomic E-state index is 12.9. The summed E-state index contributed by atoms with van der Waals surface area (Å²) in [5.74, 6) is 0.314. The first-order valence-electron chi connectivity index (χ1n) is 9.55. The quantitative estimate of drug-likeness (QED) is 0.805. The molecule has 2 unspecified atom stereocenters. The lowest BCUT2D eigenvalue weighted by Gasteiger charge is -2.25. The summed E-state index contributed by atoms with van der Waals surface area (Å²) in [7, 11) is 1.57. The van der Waals surface area contributed by atoms with E-state index in [-0.39, 0.29) is 24.3 Å². The van der Waals surface area contributed by atoms with Gasteiger partial charge in [0.1, 0.15) is 11.8 Å². The van der Waals surface area contributed by atoms with Gasteiger partial charge in [-0.1, -0.05) is 36.4 Å². The summed E-state index contributed by atoms with van der Waals surface area (Å²) in [5, 5.41) is 2.93. The predicted molar refractivity (Wildman–Crippen MR) is 109 cm³/mol. The van der Waals surface area contributed by atoms with Gasteiger partial charge < -0.3 is 20.7 Å². The third-order valence-corrected chi connectivity index (χ3v) is 5.11. The van der Waals surface area contributed by atoms with E-state index in [4.69, 9.17) is 10.5 Å². The SMILES string of the molecule is COc1ccc(C)cc1NC(=O)C1CCCN1C(=O)CC(N)c1ccccc1. The Hall–Kier alpha value is -2.86. The molecule has 0 spiro atoms. The fourth-order valence-electron chi connectivity index (χ4n) is 3.60. The molecule has 1 heterocycles. The van der Waals surface area contributed by atoms with Gasteiger partial charge in [0.25, 0.3) is 0 Å². The molecule has 6 nitrogen and oxygen atoms in total. The molecule has 2 aromatic carbocycles. The average Bonchev–Trinajstić information content (AvgIpc) is 3.19. The first-order chi connectivity index (χ1) is 13.5. The number of nitrogens with two attached hydrogens (primary N) is 1. The number of nitrogens with zero attached hydrogens (tertiary/aromatic N) is 1. The van der Waals surface area contributed by atoms with Crippen molar-refractivity contribution in [1.82, 2.24) is 4.90 Å². The van der Waals surface area contributed by atoms with E-state index in [1.54, 1.807) is 12.0 Å². The van der Waals surface area contributed by atoms with Crippen molar-refractivity contribution in [2.75, 3.05) is 19.0 Å². The highest BCUT2D eigenvalue weighted by Crippen LogP contribution is 2.28. The molecule has 6 heteroatoms. The van der Waals surface area contributed by atoms with Crippen LogP contribution in [0.25, 0.3) is 0 Å². The van der Waals surface area contributed by atoms with Crippen LogP contribution in [0, 0.1) is 6.92 Å². The zero-order valence-electron chi connectivity index (χ0n) is 16.4. The normalized spacial score (nSPS) is 17.2. The monoisotopic (exact) mass is 381 g/mol. The van der Waals surface area contributed by atoms with Gasteiger partial charge in [0, 0.05) is 19.0 Å². The molecule has 0 saturated carbocycles. The first-order valence-corrected chi connectivity index (χ1v) is 9.55. The van der Waals surface area contributed by atoms with Gasteiger partial charge in [0.05, 0.1) is 12.8 Å². The number of carbonyl (C=O) groups is 2. The van der Waals surface area contributed by atoms with Crippen LogP contribution in [0.5, 0.6) is 5.75 Å². The lowest BCUT2D eigenvalue weighted by molar-refractivity contribution is -0.137. The molecule has 0 radical (unpaired) electrons. The Bertz CT molecular complexity index is 838. The molecular formula is C22H27N3O3. The van der Waals surface area contributed by atoms with E-state index in [0.29, 0.717) is 24.4 Å². The van der Waals surface area contributed by atoms with Gasteiger partial charge in [-0.05, 0) is 43.0 Å². The molecular weight excluding hydrogens is 354 g/mol. The summed E-state index contributed by atoms with van der Waals surface area (Å²) >= 11 is 0. The minimum absolute atomic E-state index is 0.0924. The topological polar surface area (TPSA) is 84.7 Å². The number of benzene rings is 2. The van der Waals surface area contributed by atoms with Crippen molar-refractivity contribution in [2.24, 2.45) is 5.73 Å². The summed E-state index contributed by atoms with van der Waals surface area (Å²) in [5.41, 5.74) is 8.75. The van der Waals surface area contributed by atoms with Gasteiger partial charge >= 0.3 is 0 Å². The molecule has 3 N–H and O–H groups in total. The maximum Gasteiger partial charge on any atom is 0.247 e. The number of hydrogen-bond acceptors (Lipinski definition) is 4. The molecule has 1 saturated heterocycles. The van der Waals surface area contributed by atoms with Crippen LogP contribution in [0.15, 0.2) is 48.5 Å². The first kappa shape index (κ1) is 19.9. The number of rotatable bonds is 6. The van der Waals surface area contributed by atoms with Crippen molar-refractivity contribution in [2.45, 2.75) is 38.3 Å². The second kappa shape index (κ2) is 8.89. The Balaban J connectivity index is 1.67. The third kappa shape index (κ3) is 4.51. The molecule has 0 aliphatic carbocycles. The molecule has 1 aliphatic heterocycles. The smallest absolute Gasteiger partial charge is 0.247 e. The number of nitrogens with one attached hydrogen (secondary N) is 1. The van der Waals surface area contributed by atoms with Crippen LogP contribution >= 0.6 is 0 Å². The summed E-state index contributed by atoms with van der Waals surface area (Å²) < 4.78 is 5.33. The summed E-state index contributed by atoms with van der Waals surface area (Å²) in [4.78, 5) is 27.3. The number of likely N-dealkylation sites (tertiary alicyclic amines) is 1. The van der Waals surface area contributed by atoms with Crippen LogP contribution in [-0.4, -0.2) is 36.4 Å². The van der Waals surface area contributed by atoms with Gasteiger partial charge in [-0.15, -0.1) is 0 Å². The van der Waals surface area contributed by atoms with E-state index in [0.717, 1.165) is 17.5 Å². The zero-order chi connectivity index (χ0) is 20.1. The predicted octanol–water partition coefficient (Wildman–Crippen LogP) is 3.02. The number of anilines is 1. The van der Waals surface area contributed by atoms with Gasteiger partial charge in [-0.25, -0.2) is 0 Å². The van der Waals surface area contributed by atoms with Gasteiger partial charge in [0.15, 0.2) is 0 Å². The number of ether oxygens (including phenoxy) is 1. The van der Waals surface area contributed by atoms with E-state index < -0.39 is 6.04 Å². The molecule has 28 heavy (non-hydrogen) atoms. The molecule has 2 atom stereocenters. The minimum atomic E-state index is -0.485.